The van der Waals surface area contributed by atoms with Crippen LogP contribution in [0.2, 0.25) is 0 Å². The van der Waals surface area contributed by atoms with Crippen LogP contribution in [0.15, 0.2) is 45.6 Å². The first-order chi connectivity index (χ1) is 9.95. The highest BCUT2D eigenvalue weighted by atomic mass is 35.5. The highest BCUT2D eigenvalue weighted by Crippen LogP contribution is 2.31. The average Bonchev–Trinajstić information content (AvgIpc) is 2.71. The third-order valence-electron chi connectivity index (χ3n) is 3.29. The molecule has 0 N–H and O–H groups in total. The lowest BCUT2D eigenvalue weighted by molar-refractivity contribution is 0.528. The second kappa shape index (κ2) is 5.00. The molecule has 3 rings (SSSR count). The maximum absolute atomic E-state index is 13.3. The molecule has 1 unspecified atom stereocenters. The Balaban J connectivity index is 2.08. The molecule has 0 aliphatic heterocycles. The molecular weight excluding hydrogens is 300 g/mol. The summed E-state index contributed by atoms with van der Waals surface area (Å²) in [5.41, 5.74) is 1.89. The second-order valence-electron chi connectivity index (χ2n) is 4.72. The molecule has 0 aliphatic rings. The van der Waals surface area contributed by atoms with Crippen LogP contribution >= 0.6 is 11.6 Å². The molecule has 0 aliphatic carbocycles. The summed E-state index contributed by atoms with van der Waals surface area (Å²) in [6.45, 7) is 0. The molecule has 6 heteroatoms. The molecule has 1 heterocycles. The van der Waals surface area contributed by atoms with Crippen LogP contribution in [-0.2, 0) is 7.05 Å². The van der Waals surface area contributed by atoms with Gasteiger partial charge in [0, 0.05) is 13.1 Å². The van der Waals surface area contributed by atoms with Crippen molar-refractivity contribution in [2.45, 2.75) is 5.38 Å². The summed E-state index contributed by atoms with van der Waals surface area (Å²) < 4.78 is 32.9. The van der Waals surface area contributed by atoms with E-state index in [1.807, 2.05) is 0 Å². The molecule has 1 atom stereocenters. The summed E-state index contributed by atoms with van der Waals surface area (Å²) in [7, 11) is 1.59. The van der Waals surface area contributed by atoms with Gasteiger partial charge in [0.1, 0.15) is 11.6 Å². The van der Waals surface area contributed by atoms with Crippen molar-refractivity contribution >= 4 is 22.7 Å². The van der Waals surface area contributed by atoms with Gasteiger partial charge in [-0.3, -0.25) is 4.57 Å². The molecule has 0 spiro atoms. The SMILES string of the molecule is Cn1c(=O)oc2cc(C(Cl)c3cc(F)cc(F)c3)ccc21. The Morgan fingerprint density at radius 2 is 1.76 bits per heavy atom. The number of alkyl halides is 1. The summed E-state index contributed by atoms with van der Waals surface area (Å²) in [6, 6.07) is 8.10. The van der Waals surface area contributed by atoms with E-state index in [2.05, 4.69) is 0 Å². The van der Waals surface area contributed by atoms with Crippen molar-refractivity contribution in [1.29, 1.82) is 0 Å². The van der Waals surface area contributed by atoms with Crippen LogP contribution in [-0.4, -0.2) is 4.57 Å². The molecule has 0 bridgehead atoms. The molecule has 3 aromatic rings. The van der Waals surface area contributed by atoms with Crippen LogP contribution in [0.25, 0.3) is 11.1 Å². The van der Waals surface area contributed by atoms with Crippen molar-refractivity contribution < 1.29 is 13.2 Å². The zero-order chi connectivity index (χ0) is 15.1. The van der Waals surface area contributed by atoms with Crippen molar-refractivity contribution in [3.05, 3.63) is 69.7 Å². The number of rotatable bonds is 2. The number of hydrogen-bond acceptors (Lipinski definition) is 2. The highest BCUT2D eigenvalue weighted by Gasteiger charge is 2.15. The fraction of sp³-hybridized carbons (Fsp3) is 0.133. The first kappa shape index (κ1) is 13.8. The van der Waals surface area contributed by atoms with Gasteiger partial charge in [0.15, 0.2) is 5.58 Å². The van der Waals surface area contributed by atoms with Gasteiger partial charge in [0.25, 0.3) is 0 Å². The number of nitrogens with zero attached hydrogens (tertiary/aromatic N) is 1. The van der Waals surface area contributed by atoms with Gasteiger partial charge >= 0.3 is 5.76 Å². The summed E-state index contributed by atoms with van der Waals surface area (Å²) in [6.07, 6.45) is 0. The molecule has 0 saturated heterocycles. The smallest absolute Gasteiger partial charge is 0.408 e. The first-order valence-electron chi connectivity index (χ1n) is 6.15. The van der Waals surface area contributed by atoms with Gasteiger partial charge in [-0.2, -0.15) is 0 Å². The quantitative estimate of drug-likeness (QED) is 0.676. The third kappa shape index (κ3) is 2.45. The predicted molar refractivity (Wildman–Crippen MR) is 75.5 cm³/mol. The zero-order valence-electron chi connectivity index (χ0n) is 10.9. The molecule has 0 fully saturated rings. The van der Waals surface area contributed by atoms with Crippen LogP contribution < -0.4 is 5.76 Å². The molecule has 2 aromatic carbocycles. The van der Waals surface area contributed by atoms with Crippen LogP contribution in [0, 0.1) is 11.6 Å². The monoisotopic (exact) mass is 309 g/mol. The van der Waals surface area contributed by atoms with E-state index in [-0.39, 0.29) is 0 Å². The van der Waals surface area contributed by atoms with Gasteiger partial charge in [-0.15, -0.1) is 11.6 Å². The van der Waals surface area contributed by atoms with Crippen molar-refractivity contribution in [3.63, 3.8) is 0 Å². The third-order valence-corrected chi connectivity index (χ3v) is 3.79. The molecule has 0 saturated carbocycles. The Kier molecular flexibility index (Phi) is 3.29. The maximum Gasteiger partial charge on any atom is 0.419 e. The van der Waals surface area contributed by atoms with E-state index < -0.39 is 22.8 Å². The number of halogens is 3. The van der Waals surface area contributed by atoms with Gasteiger partial charge < -0.3 is 4.42 Å². The number of hydrogen-bond donors (Lipinski definition) is 0. The maximum atomic E-state index is 13.3. The van der Waals surface area contributed by atoms with E-state index >= 15 is 0 Å². The number of aryl methyl sites for hydroxylation is 1. The Morgan fingerprint density at radius 1 is 1.10 bits per heavy atom. The van der Waals surface area contributed by atoms with Gasteiger partial charge in [-0.1, -0.05) is 6.07 Å². The minimum Gasteiger partial charge on any atom is -0.408 e. The number of benzene rings is 2. The lowest BCUT2D eigenvalue weighted by Crippen LogP contribution is -2.08. The molecule has 108 valence electrons. The second-order valence-corrected chi connectivity index (χ2v) is 5.16. The van der Waals surface area contributed by atoms with E-state index in [0.717, 1.165) is 6.07 Å². The summed E-state index contributed by atoms with van der Waals surface area (Å²) in [4.78, 5) is 11.4. The highest BCUT2D eigenvalue weighted by molar-refractivity contribution is 6.22. The van der Waals surface area contributed by atoms with E-state index in [0.29, 0.717) is 22.2 Å². The van der Waals surface area contributed by atoms with Crippen LogP contribution in [0.4, 0.5) is 8.78 Å². The van der Waals surface area contributed by atoms with Gasteiger partial charge in [0.05, 0.1) is 10.9 Å². The van der Waals surface area contributed by atoms with E-state index in [9.17, 15) is 13.6 Å². The van der Waals surface area contributed by atoms with Gasteiger partial charge in [0.2, 0.25) is 0 Å². The Labute approximate surface area is 123 Å². The average molecular weight is 310 g/mol. The summed E-state index contributed by atoms with van der Waals surface area (Å²) in [5.74, 6) is -1.86. The Morgan fingerprint density at radius 3 is 2.43 bits per heavy atom. The van der Waals surface area contributed by atoms with Crippen molar-refractivity contribution in [3.8, 4) is 0 Å². The Hall–Kier alpha value is -2.14. The lowest BCUT2D eigenvalue weighted by Gasteiger charge is -2.10. The van der Waals surface area contributed by atoms with Gasteiger partial charge in [-0.05, 0) is 35.4 Å². The molecule has 21 heavy (non-hydrogen) atoms. The molecule has 1 aromatic heterocycles. The van der Waals surface area contributed by atoms with Crippen molar-refractivity contribution in [2.75, 3.05) is 0 Å². The summed E-state index contributed by atoms with van der Waals surface area (Å²) in [5, 5.41) is -0.745. The largest absolute Gasteiger partial charge is 0.419 e. The van der Waals surface area contributed by atoms with E-state index in [1.165, 1.54) is 16.7 Å². The molecule has 0 amide bonds. The number of aromatic nitrogens is 1. The normalized spacial score (nSPS) is 12.8. The minimum atomic E-state index is -0.745. The van der Waals surface area contributed by atoms with Crippen molar-refractivity contribution in [2.24, 2.45) is 7.05 Å². The number of fused-ring (bicyclic) bond motifs is 1. The fourth-order valence-electron chi connectivity index (χ4n) is 2.22. The van der Waals surface area contributed by atoms with Crippen LogP contribution in [0.1, 0.15) is 16.5 Å². The number of oxazole rings is 1. The first-order valence-corrected chi connectivity index (χ1v) is 6.59. The minimum absolute atomic E-state index is 0.298. The van der Waals surface area contributed by atoms with Crippen molar-refractivity contribution in [1.82, 2.24) is 4.57 Å². The standard InChI is InChI=1S/C15H10ClF2NO2/c1-19-12-3-2-8(6-13(12)21-15(19)20)14(16)9-4-10(17)7-11(18)5-9/h2-7,14H,1H3. The van der Waals surface area contributed by atoms with Crippen LogP contribution in [0.3, 0.4) is 0 Å². The zero-order valence-corrected chi connectivity index (χ0v) is 11.7. The lowest BCUT2D eigenvalue weighted by atomic mass is 10.0. The van der Waals surface area contributed by atoms with Crippen LogP contribution in [0.5, 0.6) is 0 Å². The predicted octanol–water partition coefficient (Wildman–Crippen LogP) is 3.74. The molecule has 0 radical (unpaired) electrons. The summed E-state index contributed by atoms with van der Waals surface area (Å²) >= 11 is 6.26. The topological polar surface area (TPSA) is 35.1 Å². The molecule has 3 nitrogen and oxygen atoms in total. The van der Waals surface area contributed by atoms with E-state index in [4.69, 9.17) is 16.0 Å². The van der Waals surface area contributed by atoms with E-state index in [1.54, 1.807) is 25.2 Å². The Bertz CT molecular complexity index is 865. The fourth-order valence-corrected chi connectivity index (χ4v) is 2.48. The molecular formula is C15H10ClF2NO2. The van der Waals surface area contributed by atoms with Gasteiger partial charge in [-0.25, -0.2) is 13.6 Å².